The van der Waals surface area contributed by atoms with Crippen molar-refractivity contribution >= 4 is 29.5 Å². The monoisotopic (exact) mass is 488 g/mol. The van der Waals surface area contributed by atoms with Crippen molar-refractivity contribution in [2.24, 2.45) is 16.2 Å². The number of thioether (sulfide) groups is 1. The van der Waals surface area contributed by atoms with Gasteiger partial charge in [-0.25, -0.2) is 4.79 Å². The quantitative estimate of drug-likeness (QED) is 0.333. The molecule has 0 heterocycles. The van der Waals surface area contributed by atoms with Crippen LogP contribution in [0.25, 0.3) is 0 Å². The Morgan fingerprint density at radius 1 is 0.909 bits per heavy atom. The highest BCUT2D eigenvalue weighted by Gasteiger charge is 2.34. The molecule has 0 aliphatic rings. The third-order valence-corrected chi connectivity index (χ3v) is 6.65. The maximum Gasteiger partial charge on any atom is 0.327 e. The SMILES string of the molecule is CC(C)(C)CCC(=O)NCCC(C)(C)OCC(C)(C)C(=O)N[C@H](CSCC(C)(C)C)C(=O)O. The minimum atomic E-state index is -1.04. The first-order valence-electron chi connectivity index (χ1n) is 11.8. The molecule has 0 radical (unpaired) electrons. The highest BCUT2D eigenvalue weighted by molar-refractivity contribution is 7.99. The van der Waals surface area contributed by atoms with Gasteiger partial charge in [0.05, 0.1) is 17.6 Å². The zero-order valence-corrected chi connectivity index (χ0v) is 23.3. The van der Waals surface area contributed by atoms with Crippen molar-refractivity contribution in [1.82, 2.24) is 10.6 Å². The van der Waals surface area contributed by atoms with Crippen LogP contribution in [0.15, 0.2) is 0 Å². The zero-order valence-electron chi connectivity index (χ0n) is 22.5. The van der Waals surface area contributed by atoms with Crippen LogP contribution in [0.2, 0.25) is 0 Å². The van der Waals surface area contributed by atoms with Crippen LogP contribution in [0, 0.1) is 16.2 Å². The van der Waals surface area contributed by atoms with E-state index in [1.165, 1.54) is 11.8 Å². The van der Waals surface area contributed by atoms with E-state index in [1.807, 2.05) is 13.8 Å². The Bertz CT molecular complexity index is 648. The third kappa shape index (κ3) is 16.1. The van der Waals surface area contributed by atoms with E-state index in [-0.39, 0.29) is 29.3 Å². The smallest absolute Gasteiger partial charge is 0.327 e. The molecule has 0 bridgehead atoms. The normalized spacial score (nSPS) is 14.0. The fourth-order valence-electron chi connectivity index (χ4n) is 2.60. The van der Waals surface area contributed by atoms with Crippen LogP contribution < -0.4 is 10.6 Å². The second-order valence-electron chi connectivity index (χ2n) is 12.5. The number of carbonyl (C=O) groups excluding carboxylic acids is 2. The summed E-state index contributed by atoms with van der Waals surface area (Å²) in [7, 11) is 0. The van der Waals surface area contributed by atoms with Gasteiger partial charge in [-0.15, -0.1) is 0 Å². The van der Waals surface area contributed by atoms with E-state index < -0.39 is 23.0 Å². The van der Waals surface area contributed by atoms with Crippen molar-refractivity contribution in [1.29, 1.82) is 0 Å². The molecule has 194 valence electrons. The largest absolute Gasteiger partial charge is 0.480 e. The first-order chi connectivity index (χ1) is 14.7. The molecule has 0 aromatic carbocycles. The highest BCUT2D eigenvalue weighted by Crippen LogP contribution is 2.24. The van der Waals surface area contributed by atoms with Crippen molar-refractivity contribution in [3.8, 4) is 0 Å². The highest BCUT2D eigenvalue weighted by atomic mass is 32.2. The van der Waals surface area contributed by atoms with E-state index in [9.17, 15) is 19.5 Å². The van der Waals surface area contributed by atoms with Crippen LogP contribution in [0.1, 0.15) is 88.5 Å². The maximum atomic E-state index is 12.8. The number of nitrogens with one attached hydrogen (secondary N) is 2. The number of rotatable bonds is 14. The molecule has 0 saturated carbocycles. The number of hydrogen-bond donors (Lipinski definition) is 3. The number of carbonyl (C=O) groups is 3. The molecule has 0 aromatic rings. The number of hydrogen-bond acceptors (Lipinski definition) is 5. The third-order valence-electron chi connectivity index (χ3n) is 5.01. The fraction of sp³-hybridized carbons (Fsp3) is 0.880. The summed E-state index contributed by atoms with van der Waals surface area (Å²) in [5.74, 6) is -0.235. The number of carboxylic acids is 1. The molecular formula is C25H48N2O5S. The molecule has 0 aliphatic heterocycles. The van der Waals surface area contributed by atoms with E-state index in [0.717, 1.165) is 12.2 Å². The van der Waals surface area contributed by atoms with Crippen LogP contribution in [0.5, 0.6) is 0 Å². The molecule has 0 aromatic heterocycles. The summed E-state index contributed by atoms with van der Waals surface area (Å²) >= 11 is 1.52. The van der Waals surface area contributed by atoms with Gasteiger partial charge in [0, 0.05) is 18.7 Å². The molecule has 0 spiro atoms. The van der Waals surface area contributed by atoms with E-state index in [1.54, 1.807) is 13.8 Å². The van der Waals surface area contributed by atoms with E-state index in [0.29, 0.717) is 25.1 Å². The van der Waals surface area contributed by atoms with Crippen LogP contribution in [-0.4, -0.2) is 59.2 Å². The molecule has 0 fully saturated rings. The Morgan fingerprint density at radius 3 is 1.97 bits per heavy atom. The lowest BCUT2D eigenvalue weighted by Gasteiger charge is -2.32. The average Bonchev–Trinajstić information content (AvgIpc) is 2.62. The Labute approximate surface area is 205 Å². The minimum absolute atomic E-state index is 0.0319. The van der Waals surface area contributed by atoms with Gasteiger partial charge in [0.25, 0.3) is 0 Å². The van der Waals surface area contributed by atoms with Gasteiger partial charge in [-0.3, -0.25) is 9.59 Å². The summed E-state index contributed by atoms with van der Waals surface area (Å²) in [6, 6.07) is -0.944. The first-order valence-corrected chi connectivity index (χ1v) is 12.9. The Morgan fingerprint density at radius 2 is 1.48 bits per heavy atom. The van der Waals surface area contributed by atoms with Gasteiger partial charge >= 0.3 is 5.97 Å². The van der Waals surface area contributed by atoms with Crippen LogP contribution >= 0.6 is 11.8 Å². The summed E-state index contributed by atoms with van der Waals surface area (Å²) in [4.78, 5) is 36.4. The van der Waals surface area contributed by atoms with Crippen molar-refractivity contribution in [2.45, 2.75) is 100 Å². The van der Waals surface area contributed by atoms with Crippen LogP contribution in [-0.2, 0) is 19.1 Å². The van der Waals surface area contributed by atoms with E-state index >= 15 is 0 Å². The molecule has 0 rings (SSSR count). The molecule has 0 aliphatic carbocycles. The van der Waals surface area contributed by atoms with Crippen molar-refractivity contribution in [2.75, 3.05) is 24.7 Å². The van der Waals surface area contributed by atoms with Gasteiger partial charge in [0.15, 0.2) is 0 Å². The summed E-state index contributed by atoms with van der Waals surface area (Å²) in [6.45, 7) is 20.6. The Hall–Kier alpha value is -1.28. The lowest BCUT2D eigenvalue weighted by atomic mass is 9.90. The minimum Gasteiger partial charge on any atom is -0.480 e. The van der Waals surface area contributed by atoms with E-state index in [4.69, 9.17) is 4.74 Å². The second kappa shape index (κ2) is 13.0. The molecular weight excluding hydrogens is 440 g/mol. The number of aliphatic carboxylic acids is 1. The van der Waals surface area contributed by atoms with Gasteiger partial charge in [0.1, 0.15) is 6.04 Å². The number of carboxylic acid groups (broad SMARTS) is 1. The van der Waals surface area contributed by atoms with Crippen LogP contribution in [0.4, 0.5) is 0 Å². The van der Waals surface area contributed by atoms with Gasteiger partial charge in [-0.1, -0.05) is 41.5 Å². The van der Waals surface area contributed by atoms with Crippen LogP contribution in [0.3, 0.4) is 0 Å². The topological polar surface area (TPSA) is 105 Å². The molecule has 7 nitrogen and oxygen atoms in total. The molecule has 2 amide bonds. The molecule has 33 heavy (non-hydrogen) atoms. The molecule has 1 atom stereocenters. The number of ether oxygens (including phenoxy) is 1. The van der Waals surface area contributed by atoms with Crippen molar-refractivity contribution in [3.05, 3.63) is 0 Å². The van der Waals surface area contributed by atoms with Crippen molar-refractivity contribution < 1.29 is 24.2 Å². The predicted molar refractivity (Wildman–Crippen MR) is 136 cm³/mol. The first kappa shape index (κ1) is 31.7. The molecule has 0 saturated heterocycles. The Balaban J connectivity index is 4.61. The van der Waals surface area contributed by atoms with Gasteiger partial charge < -0.3 is 20.5 Å². The molecule has 0 unspecified atom stereocenters. The van der Waals surface area contributed by atoms with Gasteiger partial charge in [0.2, 0.25) is 11.8 Å². The number of amides is 2. The predicted octanol–water partition coefficient (Wildman–Crippen LogP) is 4.49. The average molecular weight is 489 g/mol. The lowest BCUT2D eigenvalue weighted by Crippen LogP contribution is -2.50. The van der Waals surface area contributed by atoms with Gasteiger partial charge in [-0.05, 0) is 57.1 Å². The Kier molecular flexibility index (Phi) is 12.5. The summed E-state index contributed by atoms with van der Waals surface area (Å²) in [5, 5.41) is 15.1. The van der Waals surface area contributed by atoms with E-state index in [2.05, 4.69) is 52.2 Å². The fourth-order valence-corrected chi connectivity index (χ4v) is 3.80. The maximum absolute atomic E-state index is 12.8. The second-order valence-corrected chi connectivity index (χ2v) is 13.6. The zero-order chi connectivity index (χ0) is 26.1. The molecule has 3 N–H and O–H groups in total. The summed E-state index contributed by atoms with van der Waals surface area (Å²) < 4.78 is 6.01. The lowest BCUT2D eigenvalue weighted by molar-refractivity contribution is -0.145. The summed E-state index contributed by atoms with van der Waals surface area (Å²) in [6.07, 6.45) is 1.93. The van der Waals surface area contributed by atoms with Crippen molar-refractivity contribution in [3.63, 3.8) is 0 Å². The standard InChI is InChI=1S/C25H48N2O5S/c1-22(2,3)12-11-19(28)26-14-13-25(9,10)32-16-24(7,8)21(31)27-18(20(29)30)15-33-17-23(4,5)6/h18H,11-17H2,1-10H3,(H,26,28)(H,27,31)(H,29,30)/t18-/m1/s1. The molecule has 8 heteroatoms. The van der Waals surface area contributed by atoms with Gasteiger partial charge in [-0.2, -0.15) is 11.8 Å². The summed E-state index contributed by atoms with van der Waals surface area (Å²) in [5.41, 5.74) is -1.22.